The molecule has 0 aliphatic carbocycles. The highest BCUT2D eigenvalue weighted by molar-refractivity contribution is 5.94. The molecule has 0 saturated carbocycles. The second-order valence-electron chi connectivity index (χ2n) is 6.43. The van der Waals surface area contributed by atoms with Crippen molar-refractivity contribution < 1.29 is 14.3 Å². The van der Waals surface area contributed by atoms with Gasteiger partial charge in [0, 0.05) is 5.70 Å². The van der Waals surface area contributed by atoms with E-state index in [0.29, 0.717) is 11.3 Å². The van der Waals surface area contributed by atoms with Crippen LogP contribution in [0.1, 0.15) is 44.9 Å². The lowest BCUT2D eigenvalue weighted by molar-refractivity contribution is -0.136. The number of ether oxygens (including phenoxy) is 1. The Morgan fingerprint density at radius 1 is 1.18 bits per heavy atom. The number of methoxy groups -OCH3 is 1. The third-order valence-corrected chi connectivity index (χ3v) is 3.78. The average molecular weight is 302 g/mol. The molecule has 0 radical (unpaired) electrons. The summed E-state index contributed by atoms with van der Waals surface area (Å²) in [5.41, 5.74) is 3.03. The number of nitrogens with one attached hydrogen (secondary N) is 2. The Balaban J connectivity index is 2.42. The van der Waals surface area contributed by atoms with Crippen LogP contribution in [0.15, 0.2) is 35.5 Å². The summed E-state index contributed by atoms with van der Waals surface area (Å²) in [5, 5.41) is 5.39. The first-order valence-electron chi connectivity index (χ1n) is 7.21. The van der Waals surface area contributed by atoms with Gasteiger partial charge in [0.15, 0.2) is 0 Å². The molecule has 1 aliphatic heterocycles. The molecule has 1 aromatic rings. The predicted octanol–water partition coefficient (Wildman–Crippen LogP) is 2.79. The second-order valence-corrected chi connectivity index (χ2v) is 6.43. The van der Waals surface area contributed by atoms with Gasteiger partial charge in [0.1, 0.15) is 0 Å². The minimum Gasteiger partial charge on any atom is -0.466 e. The van der Waals surface area contributed by atoms with Gasteiger partial charge in [0.2, 0.25) is 0 Å². The molecule has 0 saturated heterocycles. The molecule has 5 heteroatoms. The van der Waals surface area contributed by atoms with Gasteiger partial charge >= 0.3 is 12.0 Å². The number of amides is 2. The maximum Gasteiger partial charge on any atom is 0.337 e. The molecule has 0 spiro atoms. The number of urea groups is 1. The van der Waals surface area contributed by atoms with E-state index in [1.807, 2.05) is 24.3 Å². The van der Waals surface area contributed by atoms with Gasteiger partial charge in [-0.3, -0.25) is 0 Å². The molecule has 2 rings (SSSR count). The Bertz CT molecular complexity index is 624. The van der Waals surface area contributed by atoms with Crippen molar-refractivity contribution in [3.63, 3.8) is 0 Å². The Kier molecular flexibility index (Phi) is 4.26. The predicted molar refractivity (Wildman–Crippen MR) is 84.3 cm³/mol. The highest BCUT2D eigenvalue weighted by atomic mass is 16.5. The zero-order valence-electron chi connectivity index (χ0n) is 13.6. The molecule has 0 bridgehead atoms. The van der Waals surface area contributed by atoms with Crippen LogP contribution in [0.2, 0.25) is 0 Å². The van der Waals surface area contributed by atoms with Gasteiger partial charge in [-0.1, -0.05) is 45.0 Å². The van der Waals surface area contributed by atoms with Crippen LogP contribution < -0.4 is 10.6 Å². The van der Waals surface area contributed by atoms with Crippen molar-refractivity contribution in [3.05, 3.63) is 46.7 Å². The van der Waals surface area contributed by atoms with Gasteiger partial charge in [-0.05, 0) is 23.5 Å². The fourth-order valence-electron chi connectivity index (χ4n) is 2.50. The number of benzene rings is 1. The first kappa shape index (κ1) is 16.1. The molecule has 1 aromatic carbocycles. The first-order chi connectivity index (χ1) is 10.2. The van der Waals surface area contributed by atoms with E-state index in [9.17, 15) is 9.59 Å². The third kappa shape index (κ3) is 3.13. The minimum absolute atomic E-state index is 0.0484. The molecule has 118 valence electrons. The SMILES string of the molecule is COC(=O)C1=C(C)NC(=O)NC1c1ccc(C(C)(C)C)cc1. The summed E-state index contributed by atoms with van der Waals surface area (Å²) in [6.07, 6.45) is 0. The van der Waals surface area contributed by atoms with Crippen molar-refractivity contribution in [2.45, 2.75) is 39.2 Å². The van der Waals surface area contributed by atoms with E-state index in [2.05, 4.69) is 31.4 Å². The molecule has 1 unspecified atom stereocenters. The summed E-state index contributed by atoms with van der Waals surface area (Å²) < 4.78 is 4.84. The van der Waals surface area contributed by atoms with Crippen molar-refractivity contribution >= 4 is 12.0 Å². The van der Waals surface area contributed by atoms with E-state index in [-0.39, 0.29) is 11.4 Å². The molecule has 22 heavy (non-hydrogen) atoms. The van der Waals surface area contributed by atoms with Crippen LogP contribution in [0, 0.1) is 0 Å². The number of carbonyl (C=O) groups is 2. The highest BCUT2D eigenvalue weighted by Gasteiger charge is 2.31. The largest absolute Gasteiger partial charge is 0.466 e. The Labute approximate surface area is 130 Å². The van der Waals surface area contributed by atoms with E-state index < -0.39 is 12.0 Å². The molecule has 2 N–H and O–H groups in total. The third-order valence-electron chi connectivity index (χ3n) is 3.78. The van der Waals surface area contributed by atoms with Crippen molar-refractivity contribution in [1.82, 2.24) is 10.6 Å². The Morgan fingerprint density at radius 3 is 2.27 bits per heavy atom. The minimum atomic E-state index is -0.504. The fraction of sp³-hybridized carbons (Fsp3) is 0.412. The smallest absolute Gasteiger partial charge is 0.337 e. The van der Waals surface area contributed by atoms with Gasteiger partial charge in [-0.2, -0.15) is 0 Å². The maximum absolute atomic E-state index is 12.0. The van der Waals surface area contributed by atoms with Crippen LogP contribution in [-0.4, -0.2) is 19.1 Å². The van der Waals surface area contributed by atoms with Crippen molar-refractivity contribution in [1.29, 1.82) is 0 Å². The van der Waals surface area contributed by atoms with Gasteiger partial charge in [-0.25, -0.2) is 9.59 Å². The van der Waals surface area contributed by atoms with Gasteiger partial charge in [0.25, 0.3) is 0 Å². The van der Waals surface area contributed by atoms with E-state index >= 15 is 0 Å². The molecule has 1 aliphatic rings. The zero-order valence-corrected chi connectivity index (χ0v) is 13.6. The summed E-state index contributed by atoms with van der Waals surface area (Å²) >= 11 is 0. The highest BCUT2D eigenvalue weighted by Crippen LogP contribution is 2.29. The van der Waals surface area contributed by atoms with Gasteiger partial charge in [-0.15, -0.1) is 0 Å². The zero-order chi connectivity index (χ0) is 16.5. The van der Waals surface area contributed by atoms with Crippen molar-refractivity contribution in [2.75, 3.05) is 7.11 Å². The van der Waals surface area contributed by atoms with Crippen LogP contribution >= 0.6 is 0 Å². The number of carbonyl (C=O) groups excluding carboxylic acids is 2. The molecular formula is C17H22N2O3. The maximum atomic E-state index is 12.0. The summed E-state index contributed by atoms with van der Waals surface area (Å²) in [7, 11) is 1.33. The first-order valence-corrected chi connectivity index (χ1v) is 7.21. The van der Waals surface area contributed by atoms with Crippen LogP contribution in [-0.2, 0) is 14.9 Å². The molecule has 1 heterocycles. The number of rotatable bonds is 2. The lowest BCUT2D eigenvalue weighted by Crippen LogP contribution is -2.45. The molecular weight excluding hydrogens is 280 g/mol. The summed E-state index contributed by atoms with van der Waals surface area (Å²) in [4.78, 5) is 23.8. The van der Waals surface area contributed by atoms with E-state index in [4.69, 9.17) is 4.74 Å². The lowest BCUT2D eigenvalue weighted by Gasteiger charge is -2.28. The van der Waals surface area contributed by atoms with E-state index in [1.54, 1.807) is 6.92 Å². The summed E-state index contributed by atoms with van der Waals surface area (Å²) in [5.74, 6) is -0.449. The molecule has 1 atom stereocenters. The number of esters is 1. The van der Waals surface area contributed by atoms with Crippen LogP contribution in [0.3, 0.4) is 0 Å². The summed E-state index contributed by atoms with van der Waals surface area (Å²) in [6, 6.07) is 7.09. The lowest BCUT2D eigenvalue weighted by atomic mass is 9.85. The van der Waals surface area contributed by atoms with Gasteiger partial charge in [0.05, 0.1) is 18.7 Å². The molecule has 5 nitrogen and oxygen atoms in total. The molecule has 0 aromatic heterocycles. The quantitative estimate of drug-likeness (QED) is 0.826. The molecule has 0 fully saturated rings. The monoisotopic (exact) mass is 302 g/mol. The topological polar surface area (TPSA) is 67.4 Å². The number of hydrogen-bond donors (Lipinski definition) is 2. The van der Waals surface area contributed by atoms with Crippen LogP contribution in [0.4, 0.5) is 4.79 Å². The van der Waals surface area contributed by atoms with Crippen LogP contribution in [0.5, 0.6) is 0 Å². The second kappa shape index (κ2) is 5.83. The fourth-order valence-corrected chi connectivity index (χ4v) is 2.50. The number of allylic oxidation sites excluding steroid dienone is 1. The summed E-state index contributed by atoms with van der Waals surface area (Å²) in [6.45, 7) is 8.11. The van der Waals surface area contributed by atoms with E-state index in [1.165, 1.54) is 12.7 Å². The van der Waals surface area contributed by atoms with E-state index in [0.717, 1.165) is 5.56 Å². The number of hydrogen-bond acceptors (Lipinski definition) is 3. The van der Waals surface area contributed by atoms with Crippen LogP contribution in [0.25, 0.3) is 0 Å². The standard InChI is InChI=1S/C17H22N2O3/c1-10-13(15(20)22-5)14(19-16(21)18-10)11-6-8-12(9-7-11)17(2,3)4/h6-9,14H,1-5H3,(H2,18,19,21). The van der Waals surface area contributed by atoms with Crippen molar-refractivity contribution in [3.8, 4) is 0 Å². The van der Waals surface area contributed by atoms with Crippen molar-refractivity contribution in [2.24, 2.45) is 0 Å². The Hall–Kier alpha value is -2.30. The Morgan fingerprint density at radius 2 is 1.77 bits per heavy atom. The normalized spacial score (nSPS) is 18.6. The molecule has 2 amide bonds. The average Bonchev–Trinajstić information content (AvgIpc) is 2.45. The van der Waals surface area contributed by atoms with Gasteiger partial charge < -0.3 is 15.4 Å².